The Kier molecular flexibility index (Phi) is 3.96. The molecule has 0 aliphatic heterocycles. The van der Waals surface area contributed by atoms with Gasteiger partial charge >= 0.3 is 0 Å². The molecule has 1 N–H and O–H groups in total. The predicted octanol–water partition coefficient (Wildman–Crippen LogP) is 2.97. The number of aromatic nitrogens is 3. The Labute approximate surface area is 125 Å². The van der Waals surface area contributed by atoms with Crippen molar-refractivity contribution in [2.75, 3.05) is 23.3 Å². The Morgan fingerprint density at radius 3 is 2.55 bits per heavy atom. The van der Waals surface area contributed by atoms with Crippen LogP contribution in [0.2, 0.25) is 5.28 Å². The average molecular weight is 296 g/mol. The second-order valence-corrected chi connectivity index (χ2v) is 6.16. The van der Waals surface area contributed by atoms with Gasteiger partial charge in [0.1, 0.15) is 0 Å². The molecular weight excluding hydrogens is 274 g/mol. The summed E-state index contributed by atoms with van der Waals surface area (Å²) in [6, 6.07) is 0.511. The van der Waals surface area contributed by atoms with Crippen molar-refractivity contribution in [2.24, 2.45) is 11.8 Å². The lowest BCUT2D eigenvalue weighted by molar-refractivity contribution is 0.438. The summed E-state index contributed by atoms with van der Waals surface area (Å²) < 4.78 is 0. The summed E-state index contributed by atoms with van der Waals surface area (Å²) >= 11 is 6.04. The van der Waals surface area contributed by atoms with E-state index in [0.29, 0.717) is 17.9 Å². The van der Waals surface area contributed by atoms with Crippen molar-refractivity contribution in [3.8, 4) is 0 Å². The molecule has 0 amide bonds. The van der Waals surface area contributed by atoms with E-state index in [2.05, 4.69) is 39.0 Å². The first kappa shape index (κ1) is 13.9. The number of nitrogens with one attached hydrogen (secondary N) is 1. The van der Waals surface area contributed by atoms with Crippen LogP contribution in [-0.2, 0) is 0 Å². The third-order valence-electron chi connectivity index (χ3n) is 4.70. The first-order valence-electron chi connectivity index (χ1n) is 7.62. The molecule has 3 unspecified atom stereocenters. The van der Waals surface area contributed by atoms with E-state index in [9.17, 15) is 0 Å². The number of anilines is 2. The number of nitrogens with zero attached hydrogens (tertiary/aromatic N) is 4. The SMILES string of the molecule is CCN(CC)c1nc(Cl)nc(NC2CC3CCC2C3)n1. The van der Waals surface area contributed by atoms with E-state index in [1.807, 2.05) is 0 Å². The Morgan fingerprint density at radius 1 is 1.15 bits per heavy atom. The molecule has 20 heavy (non-hydrogen) atoms. The number of hydrogen-bond acceptors (Lipinski definition) is 5. The van der Waals surface area contributed by atoms with E-state index in [-0.39, 0.29) is 5.28 Å². The molecule has 1 aromatic rings. The van der Waals surface area contributed by atoms with Gasteiger partial charge in [0, 0.05) is 19.1 Å². The minimum Gasteiger partial charge on any atom is -0.351 e. The van der Waals surface area contributed by atoms with E-state index in [1.165, 1.54) is 25.7 Å². The van der Waals surface area contributed by atoms with Crippen LogP contribution in [0.3, 0.4) is 0 Å². The van der Waals surface area contributed by atoms with Crippen LogP contribution in [0, 0.1) is 11.8 Å². The fourth-order valence-electron chi connectivity index (χ4n) is 3.64. The zero-order valence-electron chi connectivity index (χ0n) is 12.1. The van der Waals surface area contributed by atoms with Crippen molar-refractivity contribution >= 4 is 23.5 Å². The highest BCUT2D eigenvalue weighted by Gasteiger charge is 2.39. The van der Waals surface area contributed by atoms with Crippen molar-refractivity contribution in [3.05, 3.63) is 5.28 Å². The van der Waals surface area contributed by atoms with Gasteiger partial charge in [-0.15, -0.1) is 0 Å². The summed E-state index contributed by atoms with van der Waals surface area (Å²) in [4.78, 5) is 15.1. The normalized spacial score (nSPS) is 27.9. The third kappa shape index (κ3) is 2.68. The molecule has 1 aromatic heterocycles. The lowest BCUT2D eigenvalue weighted by atomic mass is 9.95. The van der Waals surface area contributed by atoms with Gasteiger partial charge in [-0.25, -0.2) is 0 Å². The fraction of sp³-hybridized carbons (Fsp3) is 0.786. The van der Waals surface area contributed by atoms with Gasteiger partial charge in [0.15, 0.2) is 0 Å². The quantitative estimate of drug-likeness (QED) is 0.905. The van der Waals surface area contributed by atoms with Crippen LogP contribution in [-0.4, -0.2) is 34.1 Å². The summed E-state index contributed by atoms with van der Waals surface area (Å²) in [5, 5.41) is 3.75. The zero-order valence-corrected chi connectivity index (χ0v) is 12.9. The Morgan fingerprint density at radius 2 is 1.95 bits per heavy atom. The van der Waals surface area contributed by atoms with Gasteiger partial charge in [0.05, 0.1) is 0 Å². The zero-order chi connectivity index (χ0) is 14.1. The lowest BCUT2D eigenvalue weighted by Gasteiger charge is -2.24. The Balaban J connectivity index is 1.76. The largest absolute Gasteiger partial charge is 0.351 e. The molecule has 2 aliphatic rings. The minimum atomic E-state index is 0.271. The molecule has 6 heteroatoms. The highest BCUT2D eigenvalue weighted by atomic mass is 35.5. The number of rotatable bonds is 5. The summed E-state index contributed by atoms with van der Waals surface area (Å²) in [5.74, 6) is 2.98. The van der Waals surface area contributed by atoms with Gasteiger partial charge in [-0.3, -0.25) is 0 Å². The van der Waals surface area contributed by atoms with Crippen LogP contribution in [0.25, 0.3) is 0 Å². The Hall–Kier alpha value is -1.10. The molecule has 1 heterocycles. The molecule has 2 aliphatic carbocycles. The van der Waals surface area contributed by atoms with E-state index in [1.54, 1.807) is 0 Å². The molecule has 3 atom stereocenters. The van der Waals surface area contributed by atoms with Gasteiger partial charge in [-0.05, 0) is 56.5 Å². The molecule has 0 radical (unpaired) electrons. The maximum absolute atomic E-state index is 6.04. The molecule has 0 spiro atoms. The molecule has 0 saturated heterocycles. The second-order valence-electron chi connectivity index (χ2n) is 5.83. The molecule has 0 aromatic carbocycles. The molecule has 5 nitrogen and oxygen atoms in total. The van der Waals surface area contributed by atoms with Crippen molar-refractivity contribution in [2.45, 2.75) is 45.6 Å². The first-order chi connectivity index (χ1) is 9.69. The smallest absolute Gasteiger partial charge is 0.231 e. The summed E-state index contributed by atoms with van der Waals surface area (Å²) in [6.45, 7) is 5.91. The predicted molar refractivity (Wildman–Crippen MR) is 81.3 cm³/mol. The molecule has 2 saturated carbocycles. The molecule has 2 bridgehead atoms. The van der Waals surface area contributed by atoms with E-state index >= 15 is 0 Å². The van der Waals surface area contributed by atoms with E-state index in [4.69, 9.17) is 11.6 Å². The maximum Gasteiger partial charge on any atom is 0.231 e. The first-order valence-corrected chi connectivity index (χ1v) is 8.00. The van der Waals surface area contributed by atoms with Gasteiger partial charge in [-0.1, -0.05) is 6.42 Å². The number of halogens is 1. The van der Waals surface area contributed by atoms with Gasteiger partial charge in [0.2, 0.25) is 17.2 Å². The highest BCUT2D eigenvalue weighted by molar-refractivity contribution is 6.28. The van der Waals surface area contributed by atoms with Crippen LogP contribution >= 0.6 is 11.6 Å². The van der Waals surface area contributed by atoms with Crippen molar-refractivity contribution < 1.29 is 0 Å². The minimum absolute atomic E-state index is 0.271. The molecular formula is C14H22ClN5. The Bertz CT molecular complexity index is 477. The van der Waals surface area contributed by atoms with Gasteiger partial charge < -0.3 is 10.2 Å². The second kappa shape index (κ2) is 5.72. The summed E-state index contributed by atoms with van der Waals surface area (Å²) in [7, 11) is 0. The summed E-state index contributed by atoms with van der Waals surface area (Å²) in [5.41, 5.74) is 0. The standard InChI is InChI=1S/C14H22ClN5/c1-3-20(4-2)14-18-12(15)17-13(19-14)16-11-8-9-5-6-10(11)7-9/h9-11H,3-8H2,1-2H3,(H,16,17,18,19). The average Bonchev–Trinajstić information content (AvgIpc) is 3.02. The van der Waals surface area contributed by atoms with Crippen molar-refractivity contribution in [1.29, 1.82) is 0 Å². The van der Waals surface area contributed by atoms with Crippen LogP contribution in [0.1, 0.15) is 39.5 Å². The highest BCUT2D eigenvalue weighted by Crippen LogP contribution is 2.45. The monoisotopic (exact) mass is 295 g/mol. The lowest BCUT2D eigenvalue weighted by Crippen LogP contribution is -2.29. The number of hydrogen-bond donors (Lipinski definition) is 1. The maximum atomic E-state index is 6.04. The van der Waals surface area contributed by atoms with Gasteiger partial charge in [0.25, 0.3) is 0 Å². The molecule has 2 fully saturated rings. The van der Waals surface area contributed by atoms with Crippen LogP contribution in [0.5, 0.6) is 0 Å². The van der Waals surface area contributed by atoms with Crippen LogP contribution in [0.15, 0.2) is 0 Å². The topological polar surface area (TPSA) is 53.9 Å². The van der Waals surface area contributed by atoms with E-state index in [0.717, 1.165) is 24.9 Å². The van der Waals surface area contributed by atoms with Gasteiger partial charge in [-0.2, -0.15) is 15.0 Å². The summed E-state index contributed by atoms with van der Waals surface area (Å²) in [6.07, 6.45) is 5.34. The van der Waals surface area contributed by atoms with Crippen LogP contribution < -0.4 is 10.2 Å². The van der Waals surface area contributed by atoms with Crippen LogP contribution in [0.4, 0.5) is 11.9 Å². The third-order valence-corrected chi connectivity index (χ3v) is 4.86. The van der Waals surface area contributed by atoms with E-state index < -0.39 is 0 Å². The van der Waals surface area contributed by atoms with Crippen molar-refractivity contribution in [1.82, 2.24) is 15.0 Å². The van der Waals surface area contributed by atoms with Crippen molar-refractivity contribution in [3.63, 3.8) is 0 Å². The fourth-order valence-corrected chi connectivity index (χ4v) is 3.80. The molecule has 3 rings (SSSR count). The molecule has 110 valence electrons. The number of fused-ring (bicyclic) bond motifs is 2.